The lowest BCUT2D eigenvalue weighted by Crippen LogP contribution is -2.52. The molecule has 2 aliphatic rings. The first-order valence-electron chi connectivity index (χ1n) is 10.2. The summed E-state index contributed by atoms with van der Waals surface area (Å²) in [4.78, 5) is 40.4. The maximum Gasteiger partial charge on any atom is 0.256 e. The lowest BCUT2D eigenvalue weighted by Gasteiger charge is -2.38. The molecular weight excluding hydrogens is 380 g/mol. The average Bonchev–Trinajstić information content (AvgIpc) is 2.73. The molecule has 29 heavy (non-hydrogen) atoms. The zero-order valence-corrected chi connectivity index (χ0v) is 16.6. The van der Waals surface area contributed by atoms with Crippen LogP contribution in [0, 0.1) is 17.6 Å². The molecule has 0 aliphatic carbocycles. The molecule has 8 heteroatoms. The van der Waals surface area contributed by atoms with Gasteiger partial charge in [-0.3, -0.25) is 14.4 Å². The third-order valence-corrected chi connectivity index (χ3v) is 5.71. The fourth-order valence-electron chi connectivity index (χ4n) is 4.05. The molecule has 2 saturated heterocycles. The first kappa shape index (κ1) is 21.2. The van der Waals surface area contributed by atoms with E-state index in [1.54, 1.807) is 6.92 Å². The summed E-state index contributed by atoms with van der Waals surface area (Å²) < 4.78 is 26.9. The Labute approximate surface area is 169 Å². The van der Waals surface area contributed by atoms with Crippen molar-refractivity contribution in [2.45, 2.75) is 45.1 Å². The molecule has 0 spiro atoms. The molecule has 6 nitrogen and oxygen atoms in total. The molecule has 1 N–H and O–H groups in total. The van der Waals surface area contributed by atoms with Crippen LogP contribution in [0.2, 0.25) is 0 Å². The van der Waals surface area contributed by atoms with Crippen LogP contribution in [0.5, 0.6) is 0 Å². The Morgan fingerprint density at radius 1 is 1.07 bits per heavy atom. The summed E-state index contributed by atoms with van der Waals surface area (Å²) in [6.07, 6.45) is 3.16. The van der Waals surface area contributed by atoms with Crippen LogP contribution in [0.4, 0.5) is 8.78 Å². The fourth-order valence-corrected chi connectivity index (χ4v) is 4.05. The van der Waals surface area contributed by atoms with Crippen LogP contribution in [-0.2, 0) is 9.59 Å². The summed E-state index contributed by atoms with van der Waals surface area (Å²) in [6, 6.07) is 2.91. The van der Waals surface area contributed by atoms with E-state index in [0.717, 1.165) is 25.0 Å². The number of piperidine rings is 2. The van der Waals surface area contributed by atoms with Gasteiger partial charge in [-0.2, -0.15) is 0 Å². The third-order valence-electron chi connectivity index (χ3n) is 5.71. The number of hydrogen-bond donors (Lipinski definition) is 1. The highest BCUT2D eigenvalue weighted by molar-refractivity contribution is 5.94. The lowest BCUT2D eigenvalue weighted by molar-refractivity contribution is -0.139. The number of nitrogens with zero attached hydrogens (tertiary/aromatic N) is 2. The van der Waals surface area contributed by atoms with Crippen molar-refractivity contribution < 1.29 is 23.2 Å². The van der Waals surface area contributed by atoms with Gasteiger partial charge in [0.1, 0.15) is 11.6 Å². The van der Waals surface area contributed by atoms with E-state index in [4.69, 9.17) is 0 Å². The molecule has 0 aromatic heterocycles. The van der Waals surface area contributed by atoms with Crippen LogP contribution >= 0.6 is 0 Å². The highest BCUT2D eigenvalue weighted by atomic mass is 19.1. The Bertz CT molecular complexity index is 778. The monoisotopic (exact) mass is 407 g/mol. The second-order valence-electron chi connectivity index (χ2n) is 7.74. The highest BCUT2D eigenvalue weighted by Gasteiger charge is 2.33. The minimum atomic E-state index is -0.873. The van der Waals surface area contributed by atoms with Gasteiger partial charge in [0.2, 0.25) is 11.8 Å². The van der Waals surface area contributed by atoms with Crippen molar-refractivity contribution in [1.29, 1.82) is 0 Å². The van der Waals surface area contributed by atoms with E-state index in [9.17, 15) is 23.2 Å². The van der Waals surface area contributed by atoms with Crippen LogP contribution in [0.3, 0.4) is 0 Å². The molecule has 2 aliphatic heterocycles. The third kappa shape index (κ3) is 5.10. The summed E-state index contributed by atoms with van der Waals surface area (Å²) in [5.74, 6) is -2.21. The topological polar surface area (TPSA) is 69.7 Å². The molecule has 1 aromatic rings. The van der Waals surface area contributed by atoms with Gasteiger partial charge in [0.25, 0.3) is 5.91 Å². The van der Waals surface area contributed by atoms with Crippen LogP contribution in [0.25, 0.3) is 0 Å². The normalized spacial score (nSPS) is 20.4. The van der Waals surface area contributed by atoms with Crippen molar-refractivity contribution in [3.63, 3.8) is 0 Å². The molecule has 1 unspecified atom stereocenters. The molecule has 0 saturated carbocycles. The Hall–Kier alpha value is -2.51. The molecular formula is C21H27F2N3O3. The van der Waals surface area contributed by atoms with Gasteiger partial charge in [-0.1, -0.05) is 6.92 Å². The maximum atomic E-state index is 13.9. The molecule has 1 aromatic carbocycles. The van der Waals surface area contributed by atoms with Gasteiger partial charge in [0.15, 0.2) is 0 Å². The molecule has 3 amide bonds. The van der Waals surface area contributed by atoms with E-state index in [2.05, 4.69) is 5.32 Å². The summed E-state index contributed by atoms with van der Waals surface area (Å²) in [6.45, 7) is 3.71. The van der Waals surface area contributed by atoms with E-state index in [1.165, 1.54) is 4.90 Å². The predicted octanol–water partition coefficient (Wildman–Crippen LogP) is 2.33. The SMILES string of the molecule is CCC(=O)NC1CCCN(C(=O)C2CCN(C(=O)c3ccc(F)cc3F)CC2)C1. The summed E-state index contributed by atoms with van der Waals surface area (Å²) in [5, 5.41) is 2.96. The summed E-state index contributed by atoms with van der Waals surface area (Å²) >= 11 is 0. The number of halogens is 2. The predicted molar refractivity (Wildman–Crippen MR) is 103 cm³/mol. The second kappa shape index (κ2) is 9.33. The Balaban J connectivity index is 1.54. The molecule has 2 heterocycles. The molecule has 0 bridgehead atoms. The fraction of sp³-hybridized carbons (Fsp3) is 0.571. The lowest BCUT2D eigenvalue weighted by atomic mass is 9.93. The molecule has 0 radical (unpaired) electrons. The standard InChI is InChI=1S/C21H27F2N3O3/c1-2-19(27)24-16-4-3-9-26(13-16)20(28)14-7-10-25(11-8-14)21(29)17-6-5-15(22)12-18(17)23/h5-6,12,14,16H,2-4,7-11,13H2,1H3,(H,24,27). The number of carbonyl (C=O) groups is 3. The van der Waals surface area contributed by atoms with Gasteiger partial charge >= 0.3 is 0 Å². The van der Waals surface area contributed by atoms with Crippen LogP contribution in [0.15, 0.2) is 18.2 Å². The quantitative estimate of drug-likeness (QED) is 0.833. The van der Waals surface area contributed by atoms with Gasteiger partial charge in [-0.15, -0.1) is 0 Å². The molecule has 158 valence electrons. The van der Waals surface area contributed by atoms with Crippen LogP contribution in [0.1, 0.15) is 49.4 Å². The first-order valence-corrected chi connectivity index (χ1v) is 10.2. The van der Waals surface area contributed by atoms with Crippen molar-refractivity contribution in [3.05, 3.63) is 35.4 Å². The van der Waals surface area contributed by atoms with E-state index >= 15 is 0 Å². The number of rotatable bonds is 4. The van der Waals surface area contributed by atoms with Crippen molar-refractivity contribution in [3.8, 4) is 0 Å². The van der Waals surface area contributed by atoms with Crippen LogP contribution < -0.4 is 5.32 Å². The highest BCUT2D eigenvalue weighted by Crippen LogP contribution is 2.24. The van der Waals surface area contributed by atoms with E-state index in [-0.39, 0.29) is 29.3 Å². The number of likely N-dealkylation sites (tertiary alicyclic amines) is 2. The van der Waals surface area contributed by atoms with Gasteiger partial charge in [0, 0.05) is 50.6 Å². The Kier molecular flexibility index (Phi) is 6.82. The Morgan fingerprint density at radius 3 is 2.45 bits per heavy atom. The van der Waals surface area contributed by atoms with E-state index < -0.39 is 17.5 Å². The van der Waals surface area contributed by atoms with Gasteiger partial charge in [-0.05, 0) is 37.8 Å². The van der Waals surface area contributed by atoms with Gasteiger partial charge in [0.05, 0.1) is 5.56 Å². The largest absolute Gasteiger partial charge is 0.352 e. The van der Waals surface area contributed by atoms with Crippen molar-refractivity contribution in [1.82, 2.24) is 15.1 Å². The minimum absolute atomic E-state index is 0.0101. The summed E-state index contributed by atoms with van der Waals surface area (Å²) in [7, 11) is 0. The zero-order valence-electron chi connectivity index (χ0n) is 16.6. The van der Waals surface area contributed by atoms with Crippen molar-refractivity contribution >= 4 is 17.7 Å². The molecule has 3 rings (SSSR count). The van der Waals surface area contributed by atoms with E-state index in [1.807, 2.05) is 4.90 Å². The van der Waals surface area contributed by atoms with Gasteiger partial charge in [-0.25, -0.2) is 8.78 Å². The number of nitrogens with one attached hydrogen (secondary N) is 1. The number of amides is 3. The summed E-state index contributed by atoms with van der Waals surface area (Å²) in [5.41, 5.74) is -0.151. The van der Waals surface area contributed by atoms with Crippen LogP contribution in [-0.4, -0.2) is 59.7 Å². The first-order chi connectivity index (χ1) is 13.9. The average molecular weight is 407 g/mol. The second-order valence-corrected chi connectivity index (χ2v) is 7.74. The van der Waals surface area contributed by atoms with Gasteiger partial charge < -0.3 is 15.1 Å². The van der Waals surface area contributed by atoms with Crippen molar-refractivity contribution in [2.24, 2.45) is 5.92 Å². The smallest absolute Gasteiger partial charge is 0.256 e. The number of carbonyl (C=O) groups excluding carboxylic acids is 3. The maximum absolute atomic E-state index is 13.9. The number of hydrogen-bond acceptors (Lipinski definition) is 3. The zero-order chi connectivity index (χ0) is 21.0. The van der Waals surface area contributed by atoms with Crippen molar-refractivity contribution in [2.75, 3.05) is 26.2 Å². The number of benzene rings is 1. The van der Waals surface area contributed by atoms with E-state index in [0.29, 0.717) is 51.5 Å². The molecule has 2 fully saturated rings. The Morgan fingerprint density at radius 2 is 1.79 bits per heavy atom. The molecule has 1 atom stereocenters. The minimum Gasteiger partial charge on any atom is -0.352 e.